The van der Waals surface area contributed by atoms with E-state index < -0.39 is 0 Å². The quantitative estimate of drug-likeness (QED) is 0.792. The van der Waals surface area contributed by atoms with Crippen LogP contribution in [0.4, 0.5) is 5.82 Å². The average Bonchev–Trinajstić information content (AvgIpc) is 2.27. The van der Waals surface area contributed by atoms with Crippen LogP contribution >= 0.6 is 0 Å². The first-order valence-electron chi connectivity index (χ1n) is 5.31. The first kappa shape index (κ1) is 12.5. The molecule has 16 heavy (non-hydrogen) atoms. The van der Waals surface area contributed by atoms with E-state index in [0.717, 1.165) is 5.56 Å². The van der Waals surface area contributed by atoms with E-state index in [9.17, 15) is 4.79 Å². The van der Waals surface area contributed by atoms with Crippen LogP contribution in [-0.4, -0.2) is 24.1 Å². The summed E-state index contributed by atoms with van der Waals surface area (Å²) in [4.78, 5) is 15.7. The number of nitrogens with one attached hydrogen (secondary N) is 1. The van der Waals surface area contributed by atoms with Gasteiger partial charge in [-0.25, -0.2) is 9.78 Å². The van der Waals surface area contributed by atoms with Gasteiger partial charge < -0.3 is 10.1 Å². The van der Waals surface area contributed by atoms with Crippen molar-refractivity contribution in [3.05, 3.63) is 23.9 Å². The van der Waals surface area contributed by atoms with Gasteiger partial charge in [0, 0.05) is 6.20 Å². The Bertz CT molecular complexity index is 347. The molecule has 0 amide bonds. The molecule has 0 spiro atoms. The highest BCUT2D eigenvalue weighted by molar-refractivity contribution is 5.79. The molecule has 1 aromatic rings. The van der Waals surface area contributed by atoms with Crippen LogP contribution in [0.25, 0.3) is 0 Å². The highest BCUT2D eigenvalue weighted by Gasteiger charge is 2.22. The maximum absolute atomic E-state index is 11.5. The van der Waals surface area contributed by atoms with Gasteiger partial charge in [-0.3, -0.25) is 0 Å². The van der Waals surface area contributed by atoms with Gasteiger partial charge in [-0.05, 0) is 24.5 Å². The fourth-order valence-electron chi connectivity index (χ4n) is 1.34. The van der Waals surface area contributed by atoms with E-state index in [4.69, 9.17) is 4.74 Å². The predicted octanol–water partition coefficient (Wildman–Crippen LogP) is 2.00. The molecule has 1 unspecified atom stereocenters. The molecule has 4 nitrogen and oxygen atoms in total. The van der Waals surface area contributed by atoms with Crippen molar-refractivity contribution in [3.8, 4) is 0 Å². The van der Waals surface area contributed by atoms with Gasteiger partial charge in [-0.1, -0.05) is 19.9 Å². The highest BCUT2D eigenvalue weighted by Crippen LogP contribution is 2.12. The third kappa shape index (κ3) is 3.22. The first-order chi connectivity index (χ1) is 7.54. The summed E-state index contributed by atoms with van der Waals surface area (Å²) < 4.78 is 4.74. The smallest absolute Gasteiger partial charge is 0.328 e. The van der Waals surface area contributed by atoms with E-state index >= 15 is 0 Å². The van der Waals surface area contributed by atoms with Crippen molar-refractivity contribution in [1.29, 1.82) is 0 Å². The summed E-state index contributed by atoms with van der Waals surface area (Å²) in [5.74, 6) is 0.572. The lowest BCUT2D eigenvalue weighted by atomic mass is 10.0. The van der Waals surface area contributed by atoms with Crippen LogP contribution in [0.15, 0.2) is 18.3 Å². The molecule has 0 bridgehead atoms. The highest BCUT2D eigenvalue weighted by atomic mass is 16.5. The Labute approximate surface area is 96.0 Å². The zero-order chi connectivity index (χ0) is 12.1. The number of nitrogens with zero attached hydrogens (tertiary/aromatic N) is 1. The summed E-state index contributed by atoms with van der Waals surface area (Å²) in [5.41, 5.74) is 1.09. The Hall–Kier alpha value is -1.58. The number of pyridine rings is 1. The van der Waals surface area contributed by atoms with Crippen molar-refractivity contribution in [1.82, 2.24) is 4.98 Å². The summed E-state index contributed by atoms with van der Waals surface area (Å²) in [7, 11) is 1.39. The molecule has 4 heteroatoms. The SMILES string of the molecule is COC(=O)C(Nc1ccc(C)cn1)C(C)C. The molecular formula is C12H18N2O2. The number of hydrogen-bond donors (Lipinski definition) is 1. The normalized spacial score (nSPS) is 12.3. The molecule has 0 aliphatic carbocycles. The third-order valence-electron chi connectivity index (χ3n) is 2.34. The molecule has 0 saturated heterocycles. The molecule has 1 rings (SSSR count). The summed E-state index contributed by atoms with van der Waals surface area (Å²) >= 11 is 0. The molecule has 0 aromatic carbocycles. The van der Waals surface area contributed by atoms with Crippen molar-refractivity contribution >= 4 is 11.8 Å². The second-order valence-electron chi connectivity index (χ2n) is 4.11. The molecule has 0 aliphatic rings. The fourth-order valence-corrected chi connectivity index (χ4v) is 1.34. The van der Waals surface area contributed by atoms with Gasteiger partial charge in [0.25, 0.3) is 0 Å². The topological polar surface area (TPSA) is 51.2 Å². The molecule has 1 aromatic heterocycles. The minimum absolute atomic E-state index is 0.149. The molecule has 1 atom stereocenters. The number of methoxy groups -OCH3 is 1. The van der Waals surface area contributed by atoms with Crippen molar-refractivity contribution in [3.63, 3.8) is 0 Å². The number of anilines is 1. The minimum atomic E-state index is -0.361. The summed E-state index contributed by atoms with van der Waals surface area (Å²) in [5, 5.41) is 3.07. The largest absolute Gasteiger partial charge is 0.467 e. The lowest BCUT2D eigenvalue weighted by Crippen LogP contribution is -2.35. The van der Waals surface area contributed by atoms with Crippen LogP contribution in [0.5, 0.6) is 0 Å². The molecule has 1 N–H and O–H groups in total. The fraction of sp³-hybridized carbons (Fsp3) is 0.500. The maximum Gasteiger partial charge on any atom is 0.328 e. The Morgan fingerprint density at radius 1 is 1.44 bits per heavy atom. The van der Waals surface area contributed by atoms with Gasteiger partial charge in [0.15, 0.2) is 0 Å². The van der Waals surface area contributed by atoms with Crippen molar-refractivity contribution < 1.29 is 9.53 Å². The Balaban J connectivity index is 2.75. The van der Waals surface area contributed by atoms with E-state index in [1.54, 1.807) is 6.20 Å². The average molecular weight is 222 g/mol. The standard InChI is InChI=1S/C12H18N2O2/c1-8(2)11(12(15)16-4)14-10-6-5-9(3)7-13-10/h5-8,11H,1-4H3,(H,13,14). The van der Waals surface area contributed by atoms with Gasteiger partial charge in [0.1, 0.15) is 11.9 Å². The number of carbonyl (C=O) groups excluding carboxylic acids is 1. The molecule has 0 radical (unpaired) electrons. The molecule has 0 saturated carbocycles. The first-order valence-corrected chi connectivity index (χ1v) is 5.31. The number of ether oxygens (including phenoxy) is 1. The van der Waals surface area contributed by atoms with Crippen molar-refractivity contribution in [2.45, 2.75) is 26.8 Å². The molecular weight excluding hydrogens is 204 g/mol. The number of aryl methyl sites for hydroxylation is 1. The third-order valence-corrected chi connectivity index (χ3v) is 2.34. The predicted molar refractivity (Wildman–Crippen MR) is 63.2 cm³/mol. The second-order valence-corrected chi connectivity index (χ2v) is 4.11. The van der Waals surface area contributed by atoms with E-state index in [-0.39, 0.29) is 17.9 Å². The van der Waals surface area contributed by atoms with Gasteiger partial charge in [0.2, 0.25) is 0 Å². The van der Waals surface area contributed by atoms with Gasteiger partial charge >= 0.3 is 5.97 Å². The van der Waals surface area contributed by atoms with Crippen LogP contribution in [0.3, 0.4) is 0 Å². The van der Waals surface area contributed by atoms with E-state index in [1.807, 2.05) is 32.9 Å². The monoisotopic (exact) mass is 222 g/mol. The van der Waals surface area contributed by atoms with Crippen molar-refractivity contribution in [2.24, 2.45) is 5.92 Å². The molecule has 0 aliphatic heterocycles. The molecule has 0 fully saturated rings. The van der Waals surface area contributed by atoms with Crippen LogP contribution in [0.1, 0.15) is 19.4 Å². The van der Waals surface area contributed by atoms with E-state index in [2.05, 4.69) is 10.3 Å². The summed E-state index contributed by atoms with van der Waals surface area (Å²) in [6, 6.07) is 3.44. The Morgan fingerprint density at radius 2 is 2.12 bits per heavy atom. The van der Waals surface area contributed by atoms with Gasteiger partial charge in [-0.2, -0.15) is 0 Å². The number of carbonyl (C=O) groups is 1. The number of rotatable bonds is 4. The summed E-state index contributed by atoms with van der Waals surface area (Å²) in [6.45, 7) is 5.89. The Kier molecular flexibility index (Phi) is 4.28. The van der Waals surface area contributed by atoms with Gasteiger partial charge in [0.05, 0.1) is 7.11 Å². The number of aromatic nitrogens is 1. The molecule has 1 heterocycles. The number of hydrogen-bond acceptors (Lipinski definition) is 4. The van der Waals surface area contributed by atoms with Crippen LogP contribution in [0, 0.1) is 12.8 Å². The van der Waals surface area contributed by atoms with Crippen LogP contribution in [-0.2, 0) is 9.53 Å². The molecule has 88 valence electrons. The lowest BCUT2D eigenvalue weighted by molar-refractivity contribution is -0.142. The maximum atomic E-state index is 11.5. The van der Waals surface area contributed by atoms with E-state index in [0.29, 0.717) is 5.82 Å². The summed E-state index contributed by atoms with van der Waals surface area (Å²) in [6.07, 6.45) is 1.76. The van der Waals surface area contributed by atoms with Crippen molar-refractivity contribution in [2.75, 3.05) is 12.4 Å². The lowest BCUT2D eigenvalue weighted by Gasteiger charge is -2.20. The van der Waals surface area contributed by atoms with Crippen LogP contribution < -0.4 is 5.32 Å². The minimum Gasteiger partial charge on any atom is -0.467 e. The zero-order valence-corrected chi connectivity index (χ0v) is 10.2. The number of esters is 1. The van der Waals surface area contributed by atoms with E-state index in [1.165, 1.54) is 7.11 Å². The second kappa shape index (κ2) is 5.49. The van der Waals surface area contributed by atoms with Gasteiger partial charge in [-0.15, -0.1) is 0 Å². The zero-order valence-electron chi connectivity index (χ0n) is 10.2. The Morgan fingerprint density at radius 3 is 2.56 bits per heavy atom. The van der Waals surface area contributed by atoms with Crippen LogP contribution in [0.2, 0.25) is 0 Å².